The van der Waals surface area contributed by atoms with Gasteiger partial charge in [-0.05, 0) is 64.2 Å². The first kappa shape index (κ1) is 70.9. The summed E-state index contributed by atoms with van der Waals surface area (Å²) in [5.41, 5.74) is 0. The van der Waals surface area contributed by atoms with Gasteiger partial charge in [-0.25, -0.2) is 4.57 Å². The first-order valence-corrected chi connectivity index (χ1v) is 32.3. The molecule has 73 heavy (non-hydrogen) atoms. The first-order chi connectivity index (χ1) is 35.5. The molecule has 0 rings (SSSR count). The average Bonchev–Trinajstić information content (AvgIpc) is 3.35. The third kappa shape index (κ3) is 57.5. The van der Waals surface area contributed by atoms with Crippen LogP contribution in [0.2, 0.25) is 0 Å². The zero-order chi connectivity index (χ0) is 53.5. The maximum atomic E-state index is 13.0. The molecule has 1 amide bonds. The minimum absolute atomic E-state index is 0.0702. The fourth-order valence-electron chi connectivity index (χ4n) is 8.93. The summed E-state index contributed by atoms with van der Waals surface area (Å²) in [6.45, 7) is 4.79. The van der Waals surface area contributed by atoms with Gasteiger partial charge in [-0.15, -0.1) is 0 Å². The number of likely N-dealkylation sites (N-methyl/N-ethyl adjacent to an activating group) is 1. The molecule has 8 nitrogen and oxygen atoms in total. The van der Waals surface area contributed by atoms with E-state index in [0.29, 0.717) is 23.9 Å². The number of carbonyl (C=O) groups excluding carboxylic acids is 1. The van der Waals surface area contributed by atoms with Crippen LogP contribution in [-0.4, -0.2) is 73.4 Å². The average molecular weight is 1040 g/mol. The lowest BCUT2D eigenvalue weighted by atomic mass is 10.0. The van der Waals surface area contributed by atoms with Crippen LogP contribution < -0.4 is 5.32 Å². The molecule has 3 atom stereocenters. The first-order valence-electron chi connectivity index (χ1n) is 30.8. The van der Waals surface area contributed by atoms with Crippen LogP contribution in [0, 0.1) is 0 Å². The molecule has 0 saturated heterocycles. The minimum atomic E-state index is -4.33. The zero-order valence-corrected chi connectivity index (χ0v) is 49.5. The number of phosphoric acid groups is 1. The fourth-order valence-corrected chi connectivity index (χ4v) is 9.67. The molecule has 0 spiro atoms. The molecule has 0 saturated carbocycles. The van der Waals surface area contributed by atoms with Gasteiger partial charge in [0.1, 0.15) is 13.2 Å². The van der Waals surface area contributed by atoms with Gasteiger partial charge >= 0.3 is 7.82 Å². The Kier molecular flexibility index (Phi) is 53.2. The van der Waals surface area contributed by atoms with Gasteiger partial charge in [0.15, 0.2) is 0 Å². The van der Waals surface area contributed by atoms with E-state index in [2.05, 4.69) is 92.1 Å². The van der Waals surface area contributed by atoms with Crippen LogP contribution in [0.3, 0.4) is 0 Å². The Bertz CT molecular complexity index is 1420. The van der Waals surface area contributed by atoms with E-state index in [1.165, 1.54) is 167 Å². The molecule has 0 bridgehead atoms. The van der Waals surface area contributed by atoms with Crippen LogP contribution >= 0.6 is 7.82 Å². The number of aliphatic hydroxyl groups excluding tert-OH is 1. The van der Waals surface area contributed by atoms with Gasteiger partial charge in [-0.3, -0.25) is 13.8 Å². The number of hydrogen-bond acceptors (Lipinski definition) is 5. The Hall–Kier alpha value is -2.06. The smallest absolute Gasteiger partial charge is 0.391 e. The number of phosphoric ester groups is 1. The number of amides is 1. The largest absolute Gasteiger partial charge is 0.472 e. The van der Waals surface area contributed by atoms with Gasteiger partial charge < -0.3 is 19.8 Å². The number of aliphatic hydroxyl groups is 1. The zero-order valence-electron chi connectivity index (χ0n) is 48.6. The van der Waals surface area contributed by atoms with Gasteiger partial charge in [0.2, 0.25) is 5.91 Å². The molecular weight excluding hydrogens is 924 g/mol. The van der Waals surface area contributed by atoms with Gasteiger partial charge in [-0.1, -0.05) is 279 Å². The molecular formula is C64H120N2O6P+. The van der Waals surface area contributed by atoms with Crippen molar-refractivity contribution in [2.75, 3.05) is 40.9 Å². The number of nitrogens with zero attached hydrogens (tertiary/aromatic N) is 1. The molecule has 0 aromatic rings. The minimum Gasteiger partial charge on any atom is -0.391 e. The molecule has 0 fully saturated rings. The number of unbranched alkanes of at least 4 members (excludes halogenated alkanes) is 31. The van der Waals surface area contributed by atoms with Gasteiger partial charge in [0, 0.05) is 6.42 Å². The summed E-state index contributed by atoms with van der Waals surface area (Å²) in [4.78, 5) is 23.4. The monoisotopic (exact) mass is 1040 g/mol. The quantitative estimate of drug-likeness (QED) is 0.0243. The Balaban J connectivity index is 4.17. The Morgan fingerprint density at radius 1 is 0.479 bits per heavy atom. The number of allylic oxidation sites excluding steroid dienone is 12. The van der Waals surface area contributed by atoms with Crippen molar-refractivity contribution in [1.29, 1.82) is 0 Å². The number of carbonyl (C=O) groups is 1. The maximum Gasteiger partial charge on any atom is 0.472 e. The van der Waals surface area contributed by atoms with Crippen LogP contribution in [0.4, 0.5) is 0 Å². The third-order valence-electron chi connectivity index (χ3n) is 13.7. The van der Waals surface area contributed by atoms with E-state index in [0.717, 1.165) is 83.5 Å². The molecule has 3 N–H and O–H groups in total. The standard InChI is InChI=1S/C64H119N2O6P/c1-6-8-10-12-14-16-18-20-22-24-26-28-30-32-33-34-36-38-40-42-44-46-48-50-52-54-56-58-64(68)65-62(61-72-73(69,70)71-60-59-66(3,4)5)63(67)57-55-53-51-49-47-45-43-41-39-37-35-31-29-27-25-23-21-19-17-15-13-11-9-7-2/h8,10,14,16,20,22,26,28,32-33,36,38,62-63,67H,6-7,9,11-13,15,17-19,21,23-25,27,29-31,34-35,37,39-61H2,1-5H3,(H-,65,68,69,70)/p+1/b10-8-,16-14-,22-20-,28-26-,33-32-,38-36-. The molecule has 0 aromatic heterocycles. The molecule has 0 aliphatic rings. The maximum absolute atomic E-state index is 13.0. The summed E-state index contributed by atoms with van der Waals surface area (Å²) in [6, 6.07) is -0.771. The van der Waals surface area contributed by atoms with Crippen molar-refractivity contribution < 1.29 is 32.9 Å². The van der Waals surface area contributed by atoms with E-state index in [9.17, 15) is 19.4 Å². The van der Waals surface area contributed by atoms with Gasteiger partial charge in [0.25, 0.3) is 0 Å². The van der Waals surface area contributed by atoms with Crippen LogP contribution in [-0.2, 0) is 18.4 Å². The topological polar surface area (TPSA) is 105 Å². The SMILES string of the molecule is CC/C=C\C/C=C\C/C=C\C/C=C\C/C=C\C/C=C\CCCCCCCCCCC(=O)NC(COP(=O)(O)OCC[N+](C)(C)C)C(O)CCCCCCCCCCCCCCCCCCCCCCCCCC. The molecule has 426 valence electrons. The van der Waals surface area contributed by atoms with Gasteiger partial charge in [-0.2, -0.15) is 0 Å². The highest BCUT2D eigenvalue weighted by atomic mass is 31.2. The summed E-state index contributed by atoms with van der Waals surface area (Å²) in [5.74, 6) is -0.152. The van der Waals surface area contributed by atoms with Crippen molar-refractivity contribution in [2.24, 2.45) is 0 Å². The van der Waals surface area contributed by atoms with Crippen molar-refractivity contribution in [3.8, 4) is 0 Å². The highest BCUT2D eigenvalue weighted by molar-refractivity contribution is 7.47. The summed E-state index contributed by atoms with van der Waals surface area (Å²) in [5, 5.41) is 14.1. The molecule has 0 aromatic carbocycles. The molecule has 0 radical (unpaired) electrons. The van der Waals surface area contributed by atoms with Crippen molar-refractivity contribution >= 4 is 13.7 Å². The van der Waals surface area contributed by atoms with E-state index in [-0.39, 0.29) is 19.1 Å². The highest BCUT2D eigenvalue weighted by Gasteiger charge is 2.28. The lowest BCUT2D eigenvalue weighted by Gasteiger charge is -2.26. The number of nitrogens with one attached hydrogen (secondary N) is 1. The fraction of sp³-hybridized carbons (Fsp3) is 0.797. The van der Waals surface area contributed by atoms with Gasteiger partial charge in [0.05, 0.1) is 39.9 Å². The summed E-state index contributed by atoms with van der Waals surface area (Å²) < 4.78 is 23.8. The van der Waals surface area contributed by atoms with Crippen LogP contribution in [0.1, 0.15) is 277 Å². The highest BCUT2D eigenvalue weighted by Crippen LogP contribution is 2.43. The van der Waals surface area contributed by atoms with Crippen molar-refractivity contribution in [2.45, 2.75) is 289 Å². The van der Waals surface area contributed by atoms with E-state index >= 15 is 0 Å². The third-order valence-corrected chi connectivity index (χ3v) is 14.7. The number of hydrogen-bond donors (Lipinski definition) is 3. The number of quaternary nitrogens is 1. The van der Waals surface area contributed by atoms with Crippen molar-refractivity contribution in [3.05, 3.63) is 72.9 Å². The van der Waals surface area contributed by atoms with E-state index < -0.39 is 20.0 Å². The molecule has 3 unspecified atom stereocenters. The van der Waals surface area contributed by atoms with Crippen LogP contribution in [0.25, 0.3) is 0 Å². The Morgan fingerprint density at radius 2 is 0.822 bits per heavy atom. The van der Waals surface area contributed by atoms with Crippen molar-refractivity contribution in [1.82, 2.24) is 5.32 Å². The normalized spacial score (nSPS) is 14.3. The Labute approximate surface area is 453 Å². The second-order valence-corrected chi connectivity index (χ2v) is 23.5. The predicted molar refractivity (Wildman–Crippen MR) is 318 cm³/mol. The summed E-state index contributed by atoms with van der Waals surface area (Å²) in [6.07, 6.45) is 75.3. The Morgan fingerprint density at radius 3 is 1.21 bits per heavy atom. The molecule has 0 heterocycles. The molecule has 9 heteroatoms. The van der Waals surface area contributed by atoms with E-state index in [1.807, 2.05) is 21.1 Å². The van der Waals surface area contributed by atoms with E-state index in [1.54, 1.807) is 0 Å². The van der Waals surface area contributed by atoms with Crippen LogP contribution in [0.15, 0.2) is 72.9 Å². The molecule has 0 aliphatic heterocycles. The summed E-state index contributed by atoms with van der Waals surface area (Å²) in [7, 11) is 1.61. The second kappa shape index (κ2) is 54.7. The van der Waals surface area contributed by atoms with Crippen molar-refractivity contribution in [3.63, 3.8) is 0 Å². The number of rotatable bonds is 56. The van der Waals surface area contributed by atoms with Crippen LogP contribution in [0.5, 0.6) is 0 Å². The summed E-state index contributed by atoms with van der Waals surface area (Å²) >= 11 is 0. The lowest BCUT2D eigenvalue weighted by Crippen LogP contribution is -2.46. The molecule has 0 aliphatic carbocycles. The lowest BCUT2D eigenvalue weighted by molar-refractivity contribution is -0.870. The second-order valence-electron chi connectivity index (χ2n) is 22.1. The van der Waals surface area contributed by atoms with E-state index in [4.69, 9.17) is 9.05 Å². The predicted octanol–water partition coefficient (Wildman–Crippen LogP) is 19.0.